The van der Waals surface area contributed by atoms with Gasteiger partial charge >= 0.3 is 6.09 Å². The van der Waals surface area contributed by atoms with Crippen molar-refractivity contribution in [1.29, 1.82) is 5.26 Å². The minimum atomic E-state index is -0.754. The van der Waals surface area contributed by atoms with Gasteiger partial charge in [0, 0.05) is 32.3 Å². The summed E-state index contributed by atoms with van der Waals surface area (Å²) < 4.78 is 8.57. The van der Waals surface area contributed by atoms with Crippen LogP contribution in [0.2, 0.25) is 0 Å². The molecule has 0 aromatic heterocycles. The van der Waals surface area contributed by atoms with Crippen LogP contribution in [-0.4, -0.2) is 54.3 Å². The Hall–Kier alpha value is -1.30. The first-order valence-corrected chi connectivity index (χ1v) is 6.59. The van der Waals surface area contributed by atoms with Gasteiger partial charge in [-0.3, -0.25) is 4.84 Å². The lowest BCUT2D eigenvalue weighted by molar-refractivity contribution is 0.0753. The number of morpholine rings is 1. The Morgan fingerprint density at radius 2 is 2.21 bits per heavy atom. The molecule has 106 valence electrons. The van der Waals surface area contributed by atoms with E-state index in [2.05, 4.69) is 5.16 Å². The van der Waals surface area contributed by atoms with Gasteiger partial charge in [0.1, 0.15) is 0 Å². The predicted molar refractivity (Wildman–Crippen MR) is 72.1 cm³/mol. The van der Waals surface area contributed by atoms with Crippen LogP contribution in [-0.2, 0) is 9.57 Å². The zero-order valence-corrected chi connectivity index (χ0v) is 12.1. The van der Waals surface area contributed by atoms with Crippen LogP contribution in [0.15, 0.2) is 5.16 Å². The van der Waals surface area contributed by atoms with Gasteiger partial charge < -0.3 is 4.74 Å². The monoisotopic (exact) mass is 286 g/mol. The molecular weight excluding hydrogens is 268 g/mol. The highest BCUT2D eigenvalue weighted by molar-refractivity contribution is 7.95. The average Bonchev–Trinajstić information content (AvgIpc) is 2.39. The van der Waals surface area contributed by atoms with Crippen LogP contribution in [0.3, 0.4) is 0 Å². The number of amides is 1. The van der Waals surface area contributed by atoms with Crippen molar-refractivity contribution in [3.05, 3.63) is 0 Å². The van der Waals surface area contributed by atoms with E-state index in [-0.39, 0.29) is 0 Å². The molecule has 1 aliphatic rings. The van der Waals surface area contributed by atoms with Gasteiger partial charge in [-0.15, -0.1) is 0 Å². The number of carbonyl (C=O) groups is 1. The van der Waals surface area contributed by atoms with Crippen LogP contribution in [0.4, 0.5) is 4.79 Å². The molecule has 0 saturated carbocycles. The van der Waals surface area contributed by atoms with E-state index >= 15 is 0 Å². The zero-order chi connectivity index (χ0) is 14.3. The highest BCUT2D eigenvalue weighted by Gasteiger charge is 2.19. The second-order valence-corrected chi connectivity index (χ2v) is 5.77. The molecule has 1 saturated heterocycles. The van der Waals surface area contributed by atoms with E-state index in [1.54, 1.807) is 20.9 Å². The third-order valence-electron chi connectivity index (χ3n) is 2.26. The predicted octanol–water partition coefficient (Wildman–Crippen LogP) is 1.49. The lowest BCUT2D eigenvalue weighted by Gasteiger charge is -2.27. The van der Waals surface area contributed by atoms with Crippen molar-refractivity contribution in [2.45, 2.75) is 13.8 Å². The summed E-state index contributed by atoms with van der Waals surface area (Å²) in [6.07, 6.45) is 0.722. The zero-order valence-electron chi connectivity index (χ0n) is 11.3. The van der Waals surface area contributed by atoms with Crippen molar-refractivity contribution < 1.29 is 14.4 Å². The molecule has 0 spiro atoms. The molecule has 0 N–H and O–H groups in total. The van der Waals surface area contributed by atoms with Gasteiger partial charge in [0.2, 0.25) is 0 Å². The Kier molecular flexibility index (Phi) is 6.08. The topological polar surface area (TPSA) is 78.2 Å². The van der Waals surface area contributed by atoms with E-state index in [4.69, 9.17) is 14.8 Å². The summed E-state index contributed by atoms with van der Waals surface area (Å²) in [5, 5.41) is 12.3. The molecule has 8 heteroatoms. The van der Waals surface area contributed by atoms with Crippen molar-refractivity contribution in [2.75, 3.05) is 33.4 Å². The van der Waals surface area contributed by atoms with Gasteiger partial charge in [0.25, 0.3) is 0 Å². The third-order valence-corrected chi connectivity index (χ3v) is 3.25. The first kappa shape index (κ1) is 15.8. The summed E-state index contributed by atoms with van der Waals surface area (Å²) in [5.74, 6) is 0. The fraction of sp³-hybridized carbons (Fsp3) is 0.727. The summed E-state index contributed by atoms with van der Waals surface area (Å²) in [5.41, 5.74) is -0.754. The summed E-state index contributed by atoms with van der Waals surface area (Å²) >= 11 is 1.27. The number of oxime groups is 1. The van der Waals surface area contributed by atoms with Gasteiger partial charge in [0.05, 0.1) is 30.9 Å². The molecular formula is C11H18N4O3S. The van der Waals surface area contributed by atoms with Crippen molar-refractivity contribution in [2.24, 2.45) is 10.6 Å². The van der Waals surface area contributed by atoms with Gasteiger partial charge in [-0.05, 0) is 13.8 Å². The molecule has 0 radical (unpaired) electrons. The molecule has 0 aromatic carbocycles. The second-order valence-electron chi connectivity index (χ2n) is 4.55. The van der Waals surface area contributed by atoms with Crippen LogP contribution in [0, 0.1) is 16.7 Å². The van der Waals surface area contributed by atoms with Crippen LogP contribution >= 0.6 is 12.1 Å². The van der Waals surface area contributed by atoms with Crippen LogP contribution in [0.1, 0.15) is 13.8 Å². The number of nitriles is 1. The van der Waals surface area contributed by atoms with Gasteiger partial charge in [-0.25, -0.2) is 13.4 Å². The van der Waals surface area contributed by atoms with E-state index in [1.807, 2.05) is 10.4 Å². The molecule has 0 aliphatic carbocycles. The number of hydrogen-bond donors (Lipinski definition) is 0. The Balaban J connectivity index is 2.34. The number of nitrogens with zero attached hydrogens (tertiary/aromatic N) is 4. The Bertz CT molecular complexity index is 375. The molecule has 1 aliphatic heterocycles. The smallest absolute Gasteiger partial charge is 0.379 e. The summed E-state index contributed by atoms with van der Waals surface area (Å²) in [6.45, 7) is 6.18. The highest BCUT2D eigenvalue weighted by atomic mass is 32.2. The third kappa shape index (κ3) is 5.92. The van der Waals surface area contributed by atoms with Gasteiger partial charge in [-0.2, -0.15) is 5.26 Å². The average molecular weight is 286 g/mol. The lowest BCUT2D eigenvalue weighted by Crippen LogP contribution is -2.35. The van der Waals surface area contributed by atoms with Crippen molar-refractivity contribution in [3.63, 3.8) is 0 Å². The van der Waals surface area contributed by atoms with Crippen molar-refractivity contribution in [3.8, 4) is 6.07 Å². The molecule has 0 unspecified atom stereocenters. The number of rotatable bonds is 4. The summed E-state index contributed by atoms with van der Waals surface area (Å²) in [7, 11) is 1.60. The fourth-order valence-electron chi connectivity index (χ4n) is 1.12. The first-order chi connectivity index (χ1) is 8.94. The van der Waals surface area contributed by atoms with Crippen molar-refractivity contribution >= 4 is 24.4 Å². The standard InChI is InChI=1S/C11H18N4O3S/c1-11(2,8-12)9-13-18-10(16)14(3)19-15-4-6-17-7-5-15/h9H,4-7H2,1-3H3. The molecule has 1 rings (SSSR count). The Morgan fingerprint density at radius 1 is 1.58 bits per heavy atom. The molecule has 0 bridgehead atoms. The van der Waals surface area contributed by atoms with Gasteiger partial charge in [0.15, 0.2) is 0 Å². The fourth-order valence-corrected chi connectivity index (χ4v) is 1.88. The molecule has 0 aromatic rings. The second kappa shape index (κ2) is 7.33. The molecule has 0 atom stereocenters. The maximum atomic E-state index is 11.6. The number of hydrogen-bond acceptors (Lipinski definition) is 7. The largest absolute Gasteiger partial charge is 0.446 e. The van der Waals surface area contributed by atoms with Gasteiger partial charge in [-0.1, -0.05) is 5.16 Å². The lowest BCUT2D eigenvalue weighted by atomic mass is 9.98. The van der Waals surface area contributed by atoms with Crippen molar-refractivity contribution in [1.82, 2.24) is 8.61 Å². The van der Waals surface area contributed by atoms with E-state index in [0.29, 0.717) is 13.2 Å². The maximum absolute atomic E-state index is 11.6. The number of ether oxygens (including phenoxy) is 1. The summed E-state index contributed by atoms with van der Waals surface area (Å²) in [4.78, 5) is 16.3. The highest BCUT2D eigenvalue weighted by Crippen LogP contribution is 2.17. The van der Waals surface area contributed by atoms with E-state index in [0.717, 1.165) is 13.1 Å². The van der Waals surface area contributed by atoms with E-state index in [9.17, 15) is 4.79 Å². The molecule has 1 heterocycles. The minimum absolute atomic E-state index is 0.582. The van der Waals surface area contributed by atoms with E-state index < -0.39 is 11.5 Å². The van der Waals surface area contributed by atoms with Crippen LogP contribution in [0.5, 0.6) is 0 Å². The SMILES string of the molecule is CN(SN1CCOCC1)C(=O)ON=CC(C)(C)C#N. The molecule has 1 fully saturated rings. The molecule has 19 heavy (non-hydrogen) atoms. The normalized spacial score (nSPS) is 17.2. The number of carbonyl (C=O) groups excluding carboxylic acids is 1. The maximum Gasteiger partial charge on any atom is 0.446 e. The Labute approximate surface area is 117 Å². The first-order valence-electron chi connectivity index (χ1n) is 5.86. The van der Waals surface area contributed by atoms with Crippen LogP contribution in [0.25, 0.3) is 0 Å². The quantitative estimate of drug-likeness (QED) is 0.337. The Morgan fingerprint density at radius 3 is 2.79 bits per heavy atom. The summed E-state index contributed by atoms with van der Waals surface area (Å²) in [6, 6.07) is 2.03. The van der Waals surface area contributed by atoms with Crippen LogP contribution < -0.4 is 0 Å². The molecule has 7 nitrogen and oxygen atoms in total. The minimum Gasteiger partial charge on any atom is -0.379 e. The molecule has 1 amide bonds. The van der Waals surface area contributed by atoms with E-state index in [1.165, 1.54) is 22.7 Å².